The molecule has 0 aromatic heterocycles. The van der Waals surface area contributed by atoms with Gasteiger partial charge in [0.25, 0.3) is 0 Å². The highest BCUT2D eigenvalue weighted by Gasteiger charge is 2.55. The zero-order valence-electron chi connectivity index (χ0n) is 23.5. The Morgan fingerprint density at radius 2 is 1.07 bits per heavy atom. The summed E-state index contributed by atoms with van der Waals surface area (Å²) in [4.78, 5) is 0. The summed E-state index contributed by atoms with van der Waals surface area (Å²) >= 11 is 0. The summed E-state index contributed by atoms with van der Waals surface area (Å²) in [5.41, 5.74) is 5.29. The second-order valence-corrected chi connectivity index (χ2v) is 15.7. The monoisotopic (exact) mass is 536 g/mol. The molecule has 0 N–H and O–H groups in total. The van der Waals surface area contributed by atoms with Gasteiger partial charge >= 0.3 is 7.12 Å². The molecule has 0 spiro atoms. The van der Waals surface area contributed by atoms with Gasteiger partial charge in [0.1, 0.15) is 0 Å². The van der Waals surface area contributed by atoms with E-state index in [0.717, 1.165) is 5.46 Å². The second kappa shape index (κ2) is 9.17. The van der Waals surface area contributed by atoms with Gasteiger partial charge in [0.2, 0.25) is 0 Å². The van der Waals surface area contributed by atoms with Crippen molar-refractivity contribution < 1.29 is 9.31 Å². The Kier molecular flexibility index (Phi) is 5.80. The minimum absolute atomic E-state index is 0.416. The zero-order valence-corrected chi connectivity index (χ0v) is 24.5. The number of hydrogen-bond donors (Lipinski definition) is 0. The van der Waals surface area contributed by atoms with E-state index in [1.54, 1.807) is 0 Å². The SMILES string of the molecule is CC1(C)OB(c2cccc3c2-c2cc(-c4ccccc4)ccc2[Si]3(c2ccccc2)c2ccccc2)OC1(C)C. The third kappa shape index (κ3) is 3.63. The van der Waals surface area contributed by atoms with Gasteiger partial charge in [0.15, 0.2) is 8.07 Å². The lowest BCUT2D eigenvalue weighted by atomic mass is 9.74. The van der Waals surface area contributed by atoms with Crippen molar-refractivity contribution in [3.63, 3.8) is 0 Å². The van der Waals surface area contributed by atoms with Crippen LogP contribution in [0.15, 0.2) is 127 Å². The van der Waals surface area contributed by atoms with E-state index < -0.39 is 26.4 Å². The summed E-state index contributed by atoms with van der Waals surface area (Å²) in [5, 5.41) is 5.60. The standard InChI is InChI=1S/C36H33BO2Si/c1-35(2)36(3,4)39-37(38-35)31-21-14-22-33-34(31)30-25-27(26-15-8-5-9-16-26)23-24-32(30)40(33,28-17-10-6-11-18-28)29-19-12-7-13-20-29/h5-25H,1-4H3. The third-order valence-corrected chi connectivity index (χ3v) is 14.1. The molecule has 196 valence electrons. The molecule has 2 nitrogen and oxygen atoms in total. The normalized spacial score (nSPS) is 17.9. The van der Waals surface area contributed by atoms with Crippen LogP contribution < -0.4 is 26.2 Å². The second-order valence-electron chi connectivity index (χ2n) is 12.0. The van der Waals surface area contributed by atoms with Gasteiger partial charge in [0, 0.05) is 0 Å². The van der Waals surface area contributed by atoms with Crippen molar-refractivity contribution in [3.8, 4) is 22.3 Å². The lowest BCUT2D eigenvalue weighted by Gasteiger charge is -2.32. The van der Waals surface area contributed by atoms with Gasteiger partial charge < -0.3 is 9.31 Å². The van der Waals surface area contributed by atoms with Crippen LogP contribution in [0.1, 0.15) is 27.7 Å². The Balaban J connectivity index is 1.57. The first-order chi connectivity index (χ1) is 19.3. The summed E-state index contributed by atoms with van der Waals surface area (Å²) in [5.74, 6) is 0. The lowest BCUT2D eigenvalue weighted by Crippen LogP contribution is -2.73. The summed E-state index contributed by atoms with van der Waals surface area (Å²) in [6.45, 7) is 8.52. The molecule has 5 aromatic rings. The first-order valence-corrected chi connectivity index (χ1v) is 16.1. The maximum atomic E-state index is 6.68. The van der Waals surface area contributed by atoms with Crippen LogP contribution >= 0.6 is 0 Å². The summed E-state index contributed by atoms with van der Waals surface area (Å²) in [6, 6.07) is 46.8. The quantitative estimate of drug-likeness (QED) is 0.295. The highest BCUT2D eigenvalue weighted by Crippen LogP contribution is 2.38. The van der Waals surface area contributed by atoms with Crippen molar-refractivity contribution in [2.24, 2.45) is 0 Å². The molecule has 0 unspecified atom stereocenters. The van der Waals surface area contributed by atoms with Crippen molar-refractivity contribution in [1.82, 2.24) is 0 Å². The minimum atomic E-state index is -2.61. The Morgan fingerprint density at radius 1 is 0.525 bits per heavy atom. The molecule has 40 heavy (non-hydrogen) atoms. The molecule has 2 heterocycles. The number of hydrogen-bond acceptors (Lipinski definition) is 2. The molecule has 0 bridgehead atoms. The molecular formula is C36H33BO2Si. The lowest BCUT2D eigenvalue weighted by molar-refractivity contribution is 0.00578. The zero-order chi connectivity index (χ0) is 27.5. The average molecular weight is 537 g/mol. The van der Waals surface area contributed by atoms with E-state index in [1.165, 1.54) is 43.0 Å². The Hall–Kier alpha value is -3.70. The largest absolute Gasteiger partial charge is 0.495 e. The average Bonchev–Trinajstić information content (AvgIpc) is 3.40. The van der Waals surface area contributed by atoms with Gasteiger partial charge in [0.05, 0.1) is 11.2 Å². The van der Waals surface area contributed by atoms with Gasteiger partial charge in [-0.05, 0) is 82.2 Å². The van der Waals surface area contributed by atoms with Crippen molar-refractivity contribution in [1.29, 1.82) is 0 Å². The van der Waals surface area contributed by atoms with Crippen LogP contribution in [-0.2, 0) is 9.31 Å². The van der Waals surface area contributed by atoms with Gasteiger partial charge in [-0.15, -0.1) is 0 Å². The van der Waals surface area contributed by atoms with E-state index in [2.05, 4.69) is 155 Å². The van der Waals surface area contributed by atoms with E-state index in [-0.39, 0.29) is 0 Å². The van der Waals surface area contributed by atoms with Crippen molar-refractivity contribution >= 4 is 41.4 Å². The third-order valence-electron chi connectivity index (χ3n) is 9.22. The molecule has 0 atom stereocenters. The molecule has 0 aliphatic carbocycles. The molecule has 2 aliphatic heterocycles. The van der Waals surface area contributed by atoms with E-state index in [0.29, 0.717) is 0 Å². The summed E-state index contributed by atoms with van der Waals surface area (Å²) in [7, 11) is -3.05. The van der Waals surface area contributed by atoms with E-state index in [4.69, 9.17) is 9.31 Å². The fourth-order valence-electron chi connectivity index (χ4n) is 6.55. The van der Waals surface area contributed by atoms with Gasteiger partial charge in [-0.1, -0.05) is 121 Å². The molecule has 0 saturated carbocycles. The number of fused-ring (bicyclic) bond motifs is 3. The molecule has 1 saturated heterocycles. The highest BCUT2D eigenvalue weighted by molar-refractivity contribution is 7.22. The molecule has 0 radical (unpaired) electrons. The van der Waals surface area contributed by atoms with Crippen molar-refractivity contribution in [2.45, 2.75) is 38.9 Å². The van der Waals surface area contributed by atoms with Gasteiger partial charge in [-0.25, -0.2) is 0 Å². The first kappa shape index (κ1) is 25.3. The number of benzene rings is 5. The fraction of sp³-hybridized carbons (Fsp3) is 0.167. The van der Waals surface area contributed by atoms with Crippen LogP contribution in [-0.4, -0.2) is 26.4 Å². The summed E-state index contributed by atoms with van der Waals surface area (Å²) in [6.07, 6.45) is 0. The molecule has 2 aliphatic rings. The molecule has 5 aromatic carbocycles. The van der Waals surface area contributed by atoms with Gasteiger partial charge in [-0.3, -0.25) is 0 Å². The Labute approximate surface area is 238 Å². The van der Waals surface area contributed by atoms with Crippen LogP contribution in [0.4, 0.5) is 0 Å². The first-order valence-electron chi connectivity index (χ1n) is 14.1. The van der Waals surface area contributed by atoms with E-state index in [1.807, 2.05) is 0 Å². The predicted octanol–water partition coefficient (Wildman–Crippen LogP) is 5.01. The Morgan fingerprint density at radius 3 is 1.65 bits per heavy atom. The Bertz CT molecular complexity index is 1640. The molecule has 0 amide bonds. The highest BCUT2D eigenvalue weighted by atomic mass is 28.3. The number of rotatable bonds is 4. The van der Waals surface area contributed by atoms with Crippen LogP contribution in [0.3, 0.4) is 0 Å². The summed E-state index contributed by atoms with van der Waals surface area (Å²) < 4.78 is 13.4. The van der Waals surface area contributed by atoms with Crippen LogP contribution in [0.5, 0.6) is 0 Å². The molecule has 1 fully saturated rings. The topological polar surface area (TPSA) is 18.5 Å². The van der Waals surface area contributed by atoms with E-state index in [9.17, 15) is 0 Å². The van der Waals surface area contributed by atoms with Gasteiger partial charge in [-0.2, -0.15) is 0 Å². The molecule has 7 rings (SSSR count). The maximum Gasteiger partial charge on any atom is 0.495 e. The minimum Gasteiger partial charge on any atom is -0.399 e. The predicted molar refractivity (Wildman–Crippen MR) is 170 cm³/mol. The van der Waals surface area contributed by atoms with Crippen molar-refractivity contribution in [2.75, 3.05) is 0 Å². The van der Waals surface area contributed by atoms with Crippen LogP contribution in [0, 0.1) is 0 Å². The van der Waals surface area contributed by atoms with Crippen LogP contribution in [0.25, 0.3) is 22.3 Å². The van der Waals surface area contributed by atoms with Crippen molar-refractivity contribution in [3.05, 3.63) is 127 Å². The van der Waals surface area contributed by atoms with Crippen LogP contribution in [0.2, 0.25) is 0 Å². The smallest absolute Gasteiger partial charge is 0.399 e. The van der Waals surface area contributed by atoms with E-state index >= 15 is 0 Å². The molecular weight excluding hydrogens is 503 g/mol. The maximum absolute atomic E-state index is 6.68. The molecule has 4 heteroatoms. The fourth-order valence-corrected chi connectivity index (χ4v) is 11.7.